The molecule has 2 atom stereocenters. The molecule has 122 valence electrons. The zero-order chi connectivity index (χ0) is 16.2. The van der Waals surface area contributed by atoms with Gasteiger partial charge in [-0.3, -0.25) is 0 Å². The second-order valence-corrected chi connectivity index (χ2v) is 7.24. The largest absolute Gasteiger partial charge is 0.441 e. The molecule has 4 rings (SSSR count). The molecule has 2 aromatic rings. The fourth-order valence-corrected chi connectivity index (χ4v) is 4.14. The monoisotopic (exact) mass is 314 g/mol. The molecule has 2 aliphatic rings. The van der Waals surface area contributed by atoms with Crippen molar-refractivity contribution >= 4 is 22.8 Å². The zero-order valence-electron chi connectivity index (χ0n) is 13.8. The van der Waals surface area contributed by atoms with Gasteiger partial charge < -0.3 is 19.5 Å². The number of aromatic nitrogens is 1. The molecule has 6 heteroatoms. The highest BCUT2D eigenvalue weighted by Gasteiger charge is 2.49. The van der Waals surface area contributed by atoms with Gasteiger partial charge in [0.2, 0.25) is 0 Å². The quantitative estimate of drug-likeness (QED) is 0.879. The van der Waals surface area contributed by atoms with E-state index in [0.717, 1.165) is 26.2 Å². The molecule has 23 heavy (non-hydrogen) atoms. The van der Waals surface area contributed by atoms with Crippen LogP contribution in [0.1, 0.15) is 12.8 Å². The Balaban J connectivity index is 1.52. The van der Waals surface area contributed by atoms with Gasteiger partial charge in [0.25, 0.3) is 0 Å². The first-order valence-corrected chi connectivity index (χ1v) is 8.05. The van der Waals surface area contributed by atoms with Crippen LogP contribution in [0.4, 0.5) is 10.5 Å². The molecule has 0 unspecified atom stereocenters. The Hall–Kier alpha value is -2.08. The maximum Gasteiger partial charge on any atom is 0.321 e. The molecule has 0 spiro atoms. The first-order valence-electron chi connectivity index (χ1n) is 8.05. The summed E-state index contributed by atoms with van der Waals surface area (Å²) in [5, 5.41) is 3.01. The lowest BCUT2D eigenvalue weighted by Gasteiger charge is -2.24. The van der Waals surface area contributed by atoms with Crippen LogP contribution in [0.3, 0.4) is 0 Å². The van der Waals surface area contributed by atoms with E-state index in [1.165, 1.54) is 0 Å². The molecule has 1 aromatic heterocycles. The second-order valence-electron chi connectivity index (χ2n) is 7.24. The molecule has 1 aromatic carbocycles. The smallest absolute Gasteiger partial charge is 0.321 e. The van der Waals surface area contributed by atoms with E-state index in [1.54, 1.807) is 0 Å². The molecule has 2 amide bonds. The molecule has 2 aliphatic heterocycles. The first kappa shape index (κ1) is 14.5. The van der Waals surface area contributed by atoms with Gasteiger partial charge in [-0.25, -0.2) is 9.78 Å². The summed E-state index contributed by atoms with van der Waals surface area (Å²) in [5.41, 5.74) is 2.34. The molecule has 0 bridgehead atoms. The van der Waals surface area contributed by atoms with Crippen molar-refractivity contribution < 1.29 is 9.21 Å². The number of anilines is 1. The topological polar surface area (TPSA) is 61.6 Å². The van der Waals surface area contributed by atoms with E-state index in [9.17, 15) is 4.79 Å². The number of benzene rings is 1. The molecule has 3 heterocycles. The minimum atomic E-state index is -0.0450. The van der Waals surface area contributed by atoms with Crippen LogP contribution in [0, 0.1) is 18.3 Å². The Morgan fingerprint density at radius 3 is 3.00 bits per heavy atom. The van der Waals surface area contributed by atoms with Crippen molar-refractivity contribution in [2.75, 3.05) is 38.5 Å². The van der Waals surface area contributed by atoms with Gasteiger partial charge in [0.1, 0.15) is 5.52 Å². The average Bonchev–Trinajstić information content (AvgIpc) is 3.07. The van der Waals surface area contributed by atoms with Crippen LogP contribution in [-0.4, -0.2) is 54.0 Å². The van der Waals surface area contributed by atoms with Gasteiger partial charge in [-0.15, -0.1) is 0 Å². The number of hydrogen-bond acceptors (Lipinski definition) is 4. The van der Waals surface area contributed by atoms with Gasteiger partial charge in [0, 0.05) is 38.5 Å². The summed E-state index contributed by atoms with van der Waals surface area (Å²) in [5.74, 6) is 1.16. The van der Waals surface area contributed by atoms with Crippen LogP contribution in [0.2, 0.25) is 0 Å². The minimum absolute atomic E-state index is 0.0450. The van der Waals surface area contributed by atoms with Crippen LogP contribution in [0.15, 0.2) is 22.6 Å². The van der Waals surface area contributed by atoms with Crippen molar-refractivity contribution in [2.45, 2.75) is 13.8 Å². The molecule has 0 radical (unpaired) electrons. The van der Waals surface area contributed by atoms with E-state index in [2.05, 4.69) is 29.2 Å². The fourth-order valence-electron chi connectivity index (χ4n) is 4.14. The van der Waals surface area contributed by atoms with Crippen LogP contribution < -0.4 is 5.32 Å². The van der Waals surface area contributed by atoms with E-state index in [0.29, 0.717) is 28.6 Å². The van der Waals surface area contributed by atoms with Gasteiger partial charge in [0.15, 0.2) is 11.5 Å². The fraction of sp³-hybridized carbons (Fsp3) is 0.529. The van der Waals surface area contributed by atoms with Crippen molar-refractivity contribution in [1.29, 1.82) is 0 Å². The van der Waals surface area contributed by atoms with Gasteiger partial charge in [-0.1, -0.05) is 13.0 Å². The maximum absolute atomic E-state index is 12.7. The number of carbonyl (C=O) groups excluding carboxylic acids is 1. The molecule has 2 fully saturated rings. The Kier molecular flexibility index (Phi) is 3.13. The lowest BCUT2D eigenvalue weighted by atomic mass is 9.83. The number of para-hydroxylation sites is 1. The van der Waals surface area contributed by atoms with E-state index < -0.39 is 0 Å². The summed E-state index contributed by atoms with van der Waals surface area (Å²) in [7, 11) is 2.15. The highest BCUT2D eigenvalue weighted by Crippen LogP contribution is 2.41. The van der Waals surface area contributed by atoms with E-state index >= 15 is 0 Å². The highest BCUT2D eigenvalue weighted by molar-refractivity contribution is 5.98. The van der Waals surface area contributed by atoms with Crippen LogP contribution in [-0.2, 0) is 0 Å². The van der Waals surface area contributed by atoms with Crippen molar-refractivity contribution in [2.24, 2.45) is 11.3 Å². The summed E-state index contributed by atoms with van der Waals surface area (Å²) in [6.07, 6.45) is 0. The van der Waals surface area contributed by atoms with Crippen LogP contribution in [0.25, 0.3) is 11.1 Å². The number of fused-ring (bicyclic) bond motifs is 2. The molecular formula is C17H22N4O2. The predicted octanol–water partition coefficient (Wildman–Crippen LogP) is 2.55. The van der Waals surface area contributed by atoms with Crippen molar-refractivity contribution in [3.63, 3.8) is 0 Å². The van der Waals surface area contributed by atoms with E-state index in [1.807, 2.05) is 30.0 Å². The third-order valence-corrected chi connectivity index (χ3v) is 5.20. The molecule has 2 saturated heterocycles. The van der Waals surface area contributed by atoms with Crippen molar-refractivity contribution in [3.05, 3.63) is 24.1 Å². The van der Waals surface area contributed by atoms with E-state index in [4.69, 9.17) is 4.42 Å². The number of aryl methyl sites for hydroxylation is 1. The standard InChI is InChI=1S/C17H22N4O2/c1-11-18-15-13(5-4-6-14(15)23-11)19-16(22)21-8-12-7-20(3)9-17(12,2)10-21/h4-6,12H,7-10H2,1-3H3,(H,19,22)/t12-,17+/m1/s1. The molecule has 6 nitrogen and oxygen atoms in total. The third-order valence-electron chi connectivity index (χ3n) is 5.20. The SMILES string of the molecule is Cc1nc2c(NC(=O)N3C[C@H]4CN(C)C[C@@]4(C)C3)cccc2o1. The Labute approximate surface area is 135 Å². The summed E-state index contributed by atoms with van der Waals surface area (Å²) >= 11 is 0. The molecule has 0 aliphatic carbocycles. The van der Waals surface area contributed by atoms with Crippen LogP contribution >= 0.6 is 0 Å². The number of amides is 2. The highest BCUT2D eigenvalue weighted by atomic mass is 16.3. The van der Waals surface area contributed by atoms with Crippen molar-refractivity contribution in [1.82, 2.24) is 14.8 Å². The number of oxazole rings is 1. The lowest BCUT2D eigenvalue weighted by Crippen LogP contribution is -2.37. The minimum Gasteiger partial charge on any atom is -0.441 e. The summed E-state index contributed by atoms with van der Waals surface area (Å²) in [6, 6.07) is 5.56. The Morgan fingerprint density at radius 2 is 2.22 bits per heavy atom. The average molecular weight is 314 g/mol. The van der Waals surface area contributed by atoms with Crippen LogP contribution in [0.5, 0.6) is 0 Å². The molecule has 1 N–H and O–H groups in total. The lowest BCUT2D eigenvalue weighted by molar-refractivity contribution is 0.209. The summed E-state index contributed by atoms with van der Waals surface area (Å²) in [4.78, 5) is 21.3. The molecule has 0 saturated carbocycles. The number of carbonyl (C=O) groups is 1. The third kappa shape index (κ3) is 2.37. The second kappa shape index (κ2) is 4.96. The number of rotatable bonds is 1. The summed E-state index contributed by atoms with van der Waals surface area (Å²) < 4.78 is 5.52. The maximum atomic E-state index is 12.7. The molecular weight excluding hydrogens is 292 g/mol. The summed E-state index contributed by atoms with van der Waals surface area (Å²) in [6.45, 7) is 7.85. The van der Waals surface area contributed by atoms with Gasteiger partial charge >= 0.3 is 6.03 Å². The first-order chi connectivity index (χ1) is 10.9. The van der Waals surface area contributed by atoms with Gasteiger partial charge in [-0.05, 0) is 25.1 Å². The normalized spacial score (nSPS) is 27.6. The Bertz CT molecular complexity index is 771. The van der Waals surface area contributed by atoms with E-state index in [-0.39, 0.29) is 11.4 Å². The van der Waals surface area contributed by atoms with Crippen molar-refractivity contribution in [3.8, 4) is 0 Å². The number of nitrogens with one attached hydrogen (secondary N) is 1. The number of likely N-dealkylation sites (tertiary alicyclic amines) is 2. The number of nitrogens with zero attached hydrogens (tertiary/aromatic N) is 3. The van der Waals surface area contributed by atoms with Gasteiger partial charge in [-0.2, -0.15) is 0 Å². The van der Waals surface area contributed by atoms with Gasteiger partial charge in [0.05, 0.1) is 5.69 Å². The Morgan fingerprint density at radius 1 is 1.39 bits per heavy atom. The predicted molar refractivity (Wildman–Crippen MR) is 88.4 cm³/mol. The number of urea groups is 1. The number of hydrogen-bond donors (Lipinski definition) is 1. The zero-order valence-corrected chi connectivity index (χ0v) is 13.8.